The van der Waals surface area contributed by atoms with Crippen molar-refractivity contribution in [1.82, 2.24) is 0 Å². The molecule has 3 nitrogen and oxygen atoms in total. The normalized spacial score (nSPS) is 14.6. The summed E-state index contributed by atoms with van der Waals surface area (Å²) in [5.41, 5.74) is 1.50. The third-order valence-electron chi connectivity index (χ3n) is 2.88. The standard InChI is InChI=1S/C14H11ClO3/c15-11-6-10(7-12-14(11)18-8-17-12)13(16)9-4-2-1-3-5-9/h1-7,13,16H,8H2. The lowest BCUT2D eigenvalue weighted by atomic mass is 10.0. The summed E-state index contributed by atoms with van der Waals surface area (Å²) in [7, 11) is 0. The highest BCUT2D eigenvalue weighted by Crippen LogP contribution is 2.41. The Bertz CT molecular complexity index is 569. The SMILES string of the molecule is OC(c1ccccc1)c1cc(Cl)c2c(c1)OCO2. The molecule has 1 heterocycles. The predicted molar refractivity (Wildman–Crippen MR) is 68.1 cm³/mol. The minimum absolute atomic E-state index is 0.167. The van der Waals surface area contributed by atoms with Gasteiger partial charge in [0.15, 0.2) is 11.5 Å². The number of hydrogen-bond acceptors (Lipinski definition) is 3. The highest BCUT2D eigenvalue weighted by atomic mass is 35.5. The molecule has 0 saturated carbocycles. The van der Waals surface area contributed by atoms with E-state index in [9.17, 15) is 5.11 Å². The van der Waals surface area contributed by atoms with Crippen molar-refractivity contribution in [2.45, 2.75) is 6.10 Å². The first kappa shape index (κ1) is 11.4. The van der Waals surface area contributed by atoms with Crippen molar-refractivity contribution < 1.29 is 14.6 Å². The Morgan fingerprint density at radius 3 is 2.61 bits per heavy atom. The maximum atomic E-state index is 10.3. The van der Waals surface area contributed by atoms with E-state index in [-0.39, 0.29) is 6.79 Å². The van der Waals surface area contributed by atoms with Crippen molar-refractivity contribution in [2.75, 3.05) is 6.79 Å². The van der Waals surface area contributed by atoms with Gasteiger partial charge in [0.2, 0.25) is 6.79 Å². The van der Waals surface area contributed by atoms with E-state index in [1.165, 1.54) is 0 Å². The van der Waals surface area contributed by atoms with Crippen molar-refractivity contribution in [3.8, 4) is 11.5 Å². The minimum atomic E-state index is -0.724. The molecule has 1 aliphatic rings. The molecule has 0 saturated heterocycles. The van der Waals surface area contributed by atoms with Crippen LogP contribution in [0.4, 0.5) is 0 Å². The van der Waals surface area contributed by atoms with E-state index in [2.05, 4.69) is 0 Å². The number of aliphatic hydroxyl groups is 1. The van der Waals surface area contributed by atoms with Crippen LogP contribution in [0.2, 0.25) is 5.02 Å². The smallest absolute Gasteiger partial charge is 0.231 e. The molecule has 2 aromatic carbocycles. The van der Waals surface area contributed by atoms with E-state index in [1.807, 2.05) is 30.3 Å². The van der Waals surface area contributed by atoms with Gasteiger partial charge in [-0.15, -0.1) is 0 Å². The molecular formula is C14H11ClO3. The van der Waals surface area contributed by atoms with Crippen LogP contribution >= 0.6 is 11.6 Å². The van der Waals surface area contributed by atoms with Crippen molar-refractivity contribution >= 4 is 11.6 Å². The summed E-state index contributed by atoms with van der Waals surface area (Å²) in [5, 5.41) is 10.7. The molecule has 92 valence electrons. The molecule has 0 spiro atoms. The van der Waals surface area contributed by atoms with Crippen LogP contribution in [0.1, 0.15) is 17.2 Å². The van der Waals surface area contributed by atoms with Crippen LogP contribution in [-0.2, 0) is 0 Å². The molecule has 1 unspecified atom stereocenters. The van der Waals surface area contributed by atoms with Crippen molar-refractivity contribution in [1.29, 1.82) is 0 Å². The number of rotatable bonds is 2. The summed E-state index contributed by atoms with van der Waals surface area (Å²) < 4.78 is 10.5. The molecule has 4 heteroatoms. The Kier molecular flexibility index (Phi) is 2.86. The van der Waals surface area contributed by atoms with Gasteiger partial charge >= 0.3 is 0 Å². The Morgan fingerprint density at radius 1 is 1.06 bits per heavy atom. The fourth-order valence-electron chi connectivity index (χ4n) is 1.97. The monoisotopic (exact) mass is 262 g/mol. The lowest BCUT2D eigenvalue weighted by Crippen LogP contribution is -1.99. The van der Waals surface area contributed by atoms with Gasteiger partial charge in [-0.25, -0.2) is 0 Å². The van der Waals surface area contributed by atoms with Crippen molar-refractivity contribution in [3.05, 3.63) is 58.6 Å². The second kappa shape index (κ2) is 4.52. The minimum Gasteiger partial charge on any atom is -0.454 e. The zero-order chi connectivity index (χ0) is 12.5. The lowest BCUT2D eigenvalue weighted by molar-refractivity contribution is 0.173. The molecule has 1 N–H and O–H groups in total. The van der Waals surface area contributed by atoms with E-state index >= 15 is 0 Å². The quantitative estimate of drug-likeness (QED) is 0.904. The molecule has 1 atom stereocenters. The number of benzene rings is 2. The number of halogens is 1. The Hall–Kier alpha value is -1.71. The Labute approximate surface area is 110 Å². The molecule has 0 fully saturated rings. The largest absolute Gasteiger partial charge is 0.454 e. The van der Waals surface area contributed by atoms with Gasteiger partial charge in [-0.05, 0) is 23.3 Å². The number of ether oxygens (including phenoxy) is 2. The fourth-order valence-corrected chi connectivity index (χ4v) is 2.25. The van der Waals surface area contributed by atoms with Gasteiger partial charge in [0, 0.05) is 0 Å². The Balaban J connectivity index is 2.00. The molecule has 0 radical (unpaired) electrons. The summed E-state index contributed by atoms with van der Waals surface area (Å²) in [6, 6.07) is 12.9. The summed E-state index contributed by atoms with van der Waals surface area (Å²) in [6.45, 7) is 0.167. The third-order valence-corrected chi connectivity index (χ3v) is 3.16. The van der Waals surface area contributed by atoms with Crippen molar-refractivity contribution in [2.24, 2.45) is 0 Å². The lowest BCUT2D eigenvalue weighted by Gasteiger charge is -2.12. The summed E-state index contributed by atoms with van der Waals surface area (Å²) in [5.74, 6) is 1.12. The molecule has 0 bridgehead atoms. The van der Waals surface area contributed by atoms with Crippen LogP contribution < -0.4 is 9.47 Å². The zero-order valence-electron chi connectivity index (χ0n) is 9.47. The van der Waals surface area contributed by atoms with Crippen LogP contribution in [0, 0.1) is 0 Å². The fraction of sp³-hybridized carbons (Fsp3) is 0.143. The van der Waals surface area contributed by atoms with Crippen LogP contribution in [0.15, 0.2) is 42.5 Å². The molecule has 2 aromatic rings. The summed E-state index contributed by atoms with van der Waals surface area (Å²) in [6.07, 6.45) is -0.724. The van der Waals surface area contributed by atoms with Gasteiger partial charge in [-0.2, -0.15) is 0 Å². The maximum Gasteiger partial charge on any atom is 0.231 e. The second-order valence-electron chi connectivity index (χ2n) is 4.05. The number of hydrogen-bond donors (Lipinski definition) is 1. The van der Waals surface area contributed by atoms with E-state index < -0.39 is 6.10 Å². The molecule has 0 aliphatic carbocycles. The Morgan fingerprint density at radius 2 is 1.83 bits per heavy atom. The maximum absolute atomic E-state index is 10.3. The van der Waals surface area contributed by atoms with E-state index in [0.29, 0.717) is 22.1 Å². The van der Waals surface area contributed by atoms with Gasteiger partial charge in [0.1, 0.15) is 6.10 Å². The molecule has 0 amide bonds. The number of fused-ring (bicyclic) bond motifs is 1. The topological polar surface area (TPSA) is 38.7 Å². The van der Waals surface area contributed by atoms with Crippen LogP contribution in [0.25, 0.3) is 0 Å². The van der Waals surface area contributed by atoms with Gasteiger partial charge in [-0.3, -0.25) is 0 Å². The first-order valence-electron chi connectivity index (χ1n) is 5.58. The summed E-state index contributed by atoms with van der Waals surface area (Å²) >= 11 is 6.09. The van der Waals surface area contributed by atoms with Crippen LogP contribution in [0.5, 0.6) is 11.5 Å². The van der Waals surface area contributed by atoms with Gasteiger partial charge < -0.3 is 14.6 Å². The zero-order valence-corrected chi connectivity index (χ0v) is 10.2. The van der Waals surface area contributed by atoms with E-state index in [1.54, 1.807) is 12.1 Å². The highest BCUT2D eigenvalue weighted by molar-refractivity contribution is 6.32. The summed E-state index contributed by atoms with van der Waals surface area (Å²) in [4.78, 5) is 0. The van der Waals surface area contributed by atoms with Gasteiger partial charge in [-0.1, -0.05) is 41.9 Å². The van der Waals surface area contributed by atoms with Crippen LogP contribution in [-0.4, -0.2) is 11.9 Å². The molecular weight excluding hydrogens is 252 g/mol. The second-order valence-corrected chi connectivity index (χ2v) is 4.46. The molecule has 18 heavy (non-hydrogen) atoms. The predicted octanol–water partition coefficient (Wildman–Crippen LogP) is 3.15. The van der Waals surface area contributed by atoms with Crippen molar-refractivity contribution in [3.63, 3.8) is 0 Å². The molecule has 1 aliphatic heterocycles. The van der Waals surface area contributed by atoms with Crippen LogP contribution in [0.3, 0.4) is 0 Å². The highest BCUT2D eigenvalue weighted by Gasteiger charge is 2.21. The van der Waals surface area contributed by atoms with Gasteiger partial charge in [0.25, 0.3) is 0 Å². The average molecular weight is 263 g/mol. The number of aliphatic hydroxyl groups excluding tert-OH is 1. The van der Waals surface area contributed by atoms with Gasteiger partial charge in [0.05, 0.1) is 5.02 Å². The third kappa shape index (κ3) is 1.92. The first-order chi connectivity index (χ1) is 8.75. The molecule has 0 aromatic heterocycles. The average Bonchev–Trinajstić information content (AvgIpc) is 2.88. The molecule has 3 rings (SSSR count). The first-order valence-corrected chi connectivity index (χ1v) is 5.95. The van der Waals surface area contributed by atoms with E-state index in [0.717, 1.165) is 5.56 Å². The van der Waals surface area contributed by atoms with E-state index in [4.69, 9.17) is 21.1 Å².